The van der Waals surface area contributed by atoms with Crippen molar-refractivity contribution in [1.29, 1.82) is 0 Å². The van der Waals surface area contributed by atoms with Gasteiger partial charge in [-0.3, -0.25) is 0 Å². The van der Waals surface area contributed by atoms with Gasteiger partial charge in [0.05, 0.1) is 132 Å². The van der Waals surface area contributed by atoms with E-state index in [-0.39, 0.29) is 21.2 Å². The number of rotatable bonds is 37. The van der Waals surface area contributed by atoms with Gasteiger partial charge >= 0.3 is 0 Å². The second kappa shape index (κ2) is 38.2. The van der Waals surface area contributed by atoms with Crippen LogP contribution in [0.5, 0.6) is 0 Å². The molecule has 0 aromatic rings. The van der Waals surface area contributed by atoms with Crippen molar-refractivity contribution in [2.24, 2.45) is 4.52 Å². The predicted octanol–water partition coefficient (Wildman–Crippen LogP) is 2.03. The molecule has 0 aliphatic heterocycles. The maximum absolute atomic E-state index is 5.86. The van der Waals surface area contributed by atoms with Crippen molar-refractivity contribution < 1.29 is 65.9 Å². The Labute approximate surface area is 260 Å². The molecule has 0 bridgehead atoms. The lowest BCUT2D eigenvalue weighted by molar-refractivity contribution is -0.0641. The third-order valence-electron chi connectivity index (χ3n) is 4.97. The normalized spacial score (nSPS) is 13.6. The Kier molecular flexibility index (Phi) is 38.1. The van der Waals surface area contributed by atoms with E-state index >= 15 is 0 Å². The summed E-state index contributed by atoms with van der Waals surface area (Å²) in [5, 5.41) is 0. The summed E-state index contributed by atoms with van der Waals surface area (Å²) in [5.41, 5.74) is 0. The highest BCUT2D eigenvalue weighted by molar-refractivity contribution is 7.39. The fourth-order valence-electron chi connectivity index (χ4n) is 2.80. The Morgan fingerprint density at radius 3 is 1.26 bits per heavy atom. The van der Waals surface area contributed by atoms with Crippen molar-refractivity contribution in [3.05, 3.63) is 0 Å². The Bertz CT molecular complexity index is 560. The van der Waals surface area contributed by atoms with Gasteiger partial charge in [0.1, 0.15) is 21.2 Å². The van der Waals surface area contributed by atoms with Crippen molar-refractivity contribution in [3.63, 3.8) is 0 Å². The molecule has 43 heavy (non-hydrogen) atoms. The van der Waals surface area contributed by atoms with E-state index in [4.69, 9.17) is 65.9 Å². The van der Waals surface area contributed by atoms with Gasteiger partial charge in [0, 0.05) is 28.4 Å². The standard InChI is InChI=1S/C26H55NO14P2/c1-28-5-9-32-13-15-36-21-25(38-19-17-34-11-7-30-3)23-40-42-27-43-41-24-26(39-20-18-35-12-8-31-4)22-37-16-14-33-10-6-29-2/h25-26,42H,5-24H2,1-4H3. The molecule has 0 fully saturated rings. The van der Waals surface area contributed by atoms with Crippen LogP contribution in [-0.4, -0.2) is 173 Å². The van der Waals surface area contributed by atoms with E-state index in [1.54, 1.807) is 28.4 Å². The number of hydrogen-bond acceptors (Lipinski definition) is 15. The smallest absolute Gasteiger partial charge is 0.178 e. The van der Waals surface area contributed by atoms with Gasteiger partial charge in [0.2, 0.25) is 0 Å². The molecule has 17 heteroatoms. The summed E-state index contributed by atoms with van der Waals surface area (Å²) in [6.07, 6.45) is -0.554. The van der Waals surface area contributed by atoms with Crippen LogP contribution in [-0.2, 0) is 65.9 Å². The first kappa shape index (κ1) is 43.0. The van der Waals surface area contributed by atoms with Gasteiger partial charge < -0.3 is 65.9 Å². The molecule has 0 aliphatic rings. The summed E-state index contributed by atoms with van der Waals surface area (Å²) in [6.45, 7) is 9.13. The lowest BCUT2D eigenvalue weighted by Crippen LogP contribution is -2.27. The Morgan fingerprint density at radius 1 is 0.442 bits per heavy atom. The van der Waals surface area contributed by atoms with Gasteiger partial charge in [0.15, 0.2) is 8.60 Å². The highest BCUT2D eigenvalue weighted by atomic mass is 31.1. The largest absolute Gasteiger partial charge is 0.382 e. The Morgan fingerprint density at radius 2 is 0.814 bits per heavy atom. The monoisotopic (exact) mass is 667 g/mol. The van der Waals surface area contributed by atoms with E-state index in [2.05, 4.69) is 4.52 Å². The number of nitrogens with zero attached hydrogens (tertiary/aromatic N) is 1. The van der Waals surface area contributed by atoms with E-state index in [1.165, 1.54) is 0 Å². The van der Waals surface area contributed by atoms with Crippen molar-refractivity contribution in [2.75, 3.05) is 161 Å². The first-order valence-electron chi connectivity index (χ1n) is 14.3. The molecule has 258 valence electrons. The van der Waals surface area contributed by atoms with Crippen LogP contribution in [0.1, 0.15) is 0 Å². The maximum atomic E-state index is 5.86. The van der Waals surface area contributed by atoms with Crippen LogP contribution in [0, 0.1) is 0 Å². The topological polar surface area (TPSA) is 142 Å². The van der Waals surface area contributed by atoms with Gasteiger partial charge in [-0.2, -0.15) is 4.52 Å². The summed E-state index contributed by atoms with van der Waals surface area (Å²) in [6, 6.07) is 0. The molecule has 0 spiro atoms. The Balaban J connectivity index is 4.33. The van der Waals surface area contributed by atoms with Gasteiger partial charge in [-0.05, 0) is 0 Å². The highest BCUT2D eigenvalue weighted by Crippen LogP contribution is 2.21. The van der Waals surface area contributed by atoms with Crippen molar-refractivity contribution in [1.82, 2.24) is 0 Å². The molecule has 0 rings (SSSR count). The van der Waals surface area contributed by atoms with E-state index in [0.717, 1.165) is 0 Å². The molecule has 15 nitrogen and oxygen atoms in total. The van der Waals surface area contributed by atoms with E-state index in [1.807, 2.05) is 0 Å². The zero-order chi connectivity index (χ0) is 31.3. The van der Waals surface area contributed by atoms with Crippen LogP contribution in [0.3, 0.4) is 0 Å². The zero-order valence-electron chi connectivity index (χ0n) is 26.4. The van der Waals surface area contributed by atoms with Crippen molar-refractivity contribution in [3.8, 4) is 0 Å². The Hall–Kier alpha value is -0.0300. The maximum Gasteiger partial charge on any atom is 0.178 e. The van der Waals surface area contributed by atoms with E-state index < -0.39 is 0 Å². The van der Waals surface area contributed by atoms with Crippen molar-refractivity contribution >= 4 is 17.6 Å². The number of hydrogen-bond donors (Lipinski definition) is 0. The summed E-state index contributed by atoms with van der Waals surface area (Å²) in [4.78, 5) is 0. The lowest BCUT2D eigenvalue weighted by atomic mass is 10.4. The summed E-state index contributed by atoms with van der Waals surface area (Å²) in [5.74, 6) is 0. The SMILES string of the molecule is COCCOCCOCC(COP=NPOCC(COCCOCCOC)OCCOCCOC)OCCOCCOC. The van der Waals surface area contributed by atoms with Crippen LogP contribution in [0.2, 0.25) is 0 Å². The summed E-state index contributed by atoms with van der Waals surface area (Å²) >= 11 is 0. The molecule has 3 atom stereocenters. The highest BCUT2D eigenvalue weighted by Gasteiger charge is 2.12. The van der Waals surface area contributed by atoms with E-state index in [9.17, 15) is 0 Å². The second-order valence-electron chi connectivity index (χ2n) is 8.44. The summed E-state index contributed by atoms with van der Waals surface area (Å²) < 4.78 is 80.3. The third kappa shape index (κ3) is 34.7. The molecule has 0 aromatic carbocycles. The molecular formula is C26H55NO14P2. The molecule has 0 radical (unpaired) electrons. The molecule has 0 heterocycles. The van der Waals surface area contributed by atoms with Crippen LogP contribution in [0.25, 0.3) is 0 Å². The van der Waals surface area contributed by atoms with Gasteiger partial charge in [-0.25, -0.2) is 0 Å². The quantitative estimate of drug-likeness (QED) is 0.0705. The minimum atomic E-state index is -0.281. The molecule has 0 aliphatic carbocycles. The molecule has 0 N–H and O–H groups in total. The molecular weight excluding hydrogens is 612 g/mol. The fraction of sp³-hybridized carbons (Fsp3) is 1.00. The van der Waals surface area contributed by atoms with Crippen molar-refractivity contribution in [2.45, 2.75) is 12.2 Å². The molecule has 3 unspecified atom stereocenters. The van der Waals surface area contributed by atoms with E-state index in [0.29, 0.717) is 141 Å². The summed E-state index contributed by atoms with van der Waals surface area (Å²) in [7, 11) is 6.83. The first-order chi connectivity index (χ1) is 21.3. The van der Waals surface area contributed by atoms with Gasteiger partial charge in [0.25, 0.3) is 0 Å². The minimum Gasteiger partial charge on any atom is -0.382 e. The molecule has 0 saturated carbocycles. The average Bonchev–Trinajstić information content (AvgIpc) is 3.02. The predicted molar refractivity (Wildman–Crippen MR) is 161 cm³/mol. The van der Waals surface area contributed by atoms with Crippen LogP contribution < -0.4 is 0 Å². The molecule has 0 aromatic heterocycles. The molecule has 0 amide bonds. The average molecular weight is 668 g/mol. The number of ether oxygens (including phenoxy) is 12. The zero-order valence-corrected chi connectivity index (χ0v) is 28.3. The minimum absolute atomic E-state index is 0.125. The number of methoxy groups -OCH3 is 4. The van der Waals surface area contributed by atoms with Crippen LogP contribution >= 0.6 is 17.6 Å². The third-order valence-corrected chi connectivity index (χ3v) is 6.19. The molecule has 0 saturated heterocycles. The van der Waals surface area contributed by atoms with Crippen LogP contribution in [0.4, 0.5) is 0 Å². The first-order valence-corrected chi connectivity index (χ1v) is 15.9. The van der Waals surface area contributed by atoms with Crippen LogP contribution in [0.15, 0.2) is 4.52 Å². The second-order valence-corrected chi connectivity index (χ2v) is 10.1. The van der Waals surface area contributed by atoms with Gasteiger partial charge in [-0.1, -0.05) is 0 Å². The fourth-order valence-corrected chi connectivity index (χ4v) is 3.89. The van der Waals surface area contributed by atoms with Gasteiger partial charge in [-0.15, -0.1) is 0 Å². The lowest BCUT2D eigenvalue weighted by Gasteiger charge is -2.18.